The average Bonchev–Trinajstić information content (AvgIpc) is 2.59. The third kappa shape index (κ3) is 4.82. The van der Waals surface area contributed by atoms with Crippen LogP contribution < -0.4 is 4.74 Å². The lowest BCUT2D eigenvalue weighted by Gasteiger charge is -2.16. The first-order valence-corrected chi connectivity index (χ1v) is 9.32. The van der Waals surface area contributed by atoms with Gasteiger partial charge >= 0.3 is 5.97 Å². The molecule has 0 saturated heterocycles. The first kappa shape index (κ1) is 18.5. The molecule has 0 saturated carbocycles. The molecule has 0 spiro atoms. The van der Waals surface area contributed by atoms with Crippen molar-refractivity contribution >= 4 is 16.0 Å². The molecule has 0 N–H and O–H groups in total. The van der Waals surface area contributed by atoms with Gasteiger partial charge in [-0.25, -0.2) is 12.7 Å². The Kier molecular flexibility index (Phi) is 6.39. The van der Waals surface area contributed by atoms with Crippen molar-refractivity contribution in [2.75, 3.05) is 27.3 Å². The Morgan fingerprint density at radius 1 is 1.17 bits per heavy atom. The number of carbonyl (C=O) groups is 1. The molecule has 1 aliphatic carbocycles. The molecule has 1 atom stereocenters. The molecule has 0 fully saturated rings. The van der Waals surface area contributed by atoms with E-state index >= 15 is 0 Å². The molecule has 0 radical (unpaired) electrons. The van der Waals surface area contributed by atoms with Crippen LogP contribution >= 0.6 is 0 Å². The molecule has 1 aromatic carbocycles. The number of rotatable bonds is 7. The number of allylic oxidation sites excluding steroid dienone is 2. The van der Waals surface area contributed by atoms with E-state index in [1.54, 1.807) is 12.1 Å². The van der Waals surface area contributed by atoms with E-state index in [4.69, 9.17) is 9.47 Å². The summed E-state index contributed by atoms with van der Waals surface area (Å²) in [4.78, 5) is 12.1. The SMILES string of the molecule is CN(C)S(=O)(=O)c1ccc(OCCOC(=O)[C@H]2CC=CCC2)cc1. The van der Waals surface area contributed by atoms with Crippen LogP contribution in [0.15, 0.2) is 41.3 Å². The van der Waals surface area contributed by atoms with Gasteiger partial charge in [0.25, 0.3) is 0 Å². The molecule has 2 rings (SSSR count). The lowest BCUT2D eigenvalue weighted by atomic mass is 9.95. The van der Waals surface area contributed by atoms with Crippen molar-refractivity contribution in [3.05, 3.63) is 36.4 Å². The zero-order chi connectivity index (χ0) is 17.6. The third-order valence-electron chi connectivity index (χ3n) is 3.80. The largest absolute Gasteiger partial charge is 0.490 e. The maximum absolute atomic E-state index is 12.0. The molecule has 0 amide bonds. The fourth-order valence-electron chi connectivity index (χ4n) is 2.35. The van der Waals surface area contributed by atoms with Crippen LogP contribution in [0.3, 0.4) is 0 Å². The summed E-state index contributed by atoms with van der Waals surface area (Å²) in [7, 11) is -0.475. The van der Waals surface area contributed by atoms with Gasteiger partial charge in [0.05, 0.1) is 10.8 Å². The molecule has 1 aliphatic rings. The fraction of sp³-hybridized carbons (Fsp3) is 0.471. The lowest BCUT2D eigenvalue weighted by Crippen LogP contribution is -2.22. The van der Waals surface area contributed by atoms with Crippen molar-refractivity contribution in [3.63, 3.8) is 0 Å². The van der Waals surface area contributed by atoms with E-state index in [1.807, 2.05) is 6.08 Å². The van der Waals surface area contributed by atoms with Gasteiger partial charge in [-0.2, -0.15) is 0 Å². The van der Waals surface area contributed by atoms with Gasteiger partial charge in [0, 0.05) is 14.1 Å². The lowest BCUT2D eigenvalue weighted by molar-refractivity contribution is -0.149. The van der Waals surface area contributed by atoms with Crippen LogP contribution in [0.5, 0.6) is 5.75 Å². The molecule has 24 heavy (non-hydrogen) atoms. The van der Waals surface area contributed by atoms with Crippen molar-refractivity contribution in [1.29, 1.82) is 0 Å². The maximum atomic E-state index is 12.0. The summed E-state index contributed by atoms with van der Waals surface area (Å²) in [5, 5.41) is 0. The maximum Gasteiger partial charge on any atom is 0.309 e. The third-order valence-corrected chi connectivity index (χ3v) is 5.63. The predicted octanol–water partition coefficient (Wildman–Crippen LogP) is 2.22. The number of benzene rings is 1. The Balaban J connectivity index is 1.77. The molecule has 0 aliphatic heterocycles. The number of esters is 1. The first-order valence-electron chi connectivity index (χ1n) is 7.88. The molecule has 1 aromatic rings. The molecule has 0 heterocycles. The molecule has 132 valence electrons. The second kappa shape index (κ2) is 8.30. The number of ether oxygens (including phenoxy) is 2. The number of hydrogen-bond donors (Lipinski definition) is 0. The molecule has 0 aromatic heterocycles. The van der Waals surface area contributed by atoms with E-state index in [0.29, 0.717) is 5.75 Å². The van der Waals surface area contributed by atoms with Crippen LogP contribution in [0, 0.1) is 5.92 Å². The summed E-state index contributed by atoms with van der Waals surface area (Å²) in [5.41, 5.74) is 0. The van der Waals surface area contributed by atoms with Crippen LogP contribution in [0.4, 0.5) is 0 Å². The van der Waals surface area contributed by atoms with Gasteiger partial charge in [0.2, 0.25) is 10.0 Å². The summed E-state index contributed by atoms with van der Waals surface area (Å²) in [5.74, 6) is 0.297. The van der Waals surface area contributed by atoms with Crippen molar-refractivity contribution in [1.82, 2.24) is 4.31 Å². The fourth-order valence-corrected chi connectivity index (χ4v) is 3.25. The Morgan fingerprint density at radius 3 is 2.46 bits per heavy atom. The normalized spacial score (nSPS) is 17.7. The van der Waals surface area contributed by atoms with Crippen LogP contribution in [-0.4, -0.2) is 46.0 Å². The van der Waals surface area contributed by atoms with E-state index in [1.165, 1.54) is 26.2 Å². The van der Waals surface area contributed by atoms with Crippen LogP contribution in [0.1, 0.15) is 19.3 Å². The van der Waals surface area contributed by atoms with E-state index in [9.17, 15) is 13.2 Å². The average molecular weight is 353 g/mol. The highest BCUT2D eigenvalue weighted by Gasteiger charge is 2.20. The second-order valence-electron chi connectivity index (χ2n) is 5.76. The van der Waals surface area contributed by atoms with Crippen LogP contribution in [0.25, 0.3) is 0 Å². The van der Waals surface area contributed by atoms with Gasteiger partial charge in [-0.1, -0.05) is 12.2 Å². The number of sulfonamides is 1. The summed E-state index contributed by atoms with van der Waals surface area (Å²) >= 11 is 0. The Bertz CT molecular complexity index is 679. The minimum Gasteiger partial charge on any atom is -0.490 e. The number of carbonyl (C=O) groups excluding carboxylic acids is 1. The van der Waals surface area contributed by atoms with E-state index < -0.39 is 10.0 Å². The van der Waals surface area contributed by atoms with Gasteiger partial charge in [0.1, 0.15) is 19.0 Å². The summed E-state index contributed by atoms with van der Waals surface area (Å²) in [6.45, 7) is 0.408. The highest BCUT2D eigenvalue weighted by atomic mass is 32.2. The van der Waals surface area contributed by atoms with Gasteiger partial charge in [-0.15, -0.1) is 0 Å². The van der Waals surface area contributed by atoms with Crippen LogP contribution in [-0.2, 0) is 19.6 Å². The summed E-state index contributed by atoms with van der Waals surface area (Å²) in [6.07, 6.45) is 6.57. The van der Waals surface area contributed by atoms with Crippen LogP contribution in [0.2, 0.25) is 0 Å². The van der Waals surface area contributed by atoms with Gasteiger partial charge < -0.3 is 9.47 Å². The van der Waals surface area contributed by atoms with Crippen molar-refractivity contribution in [2.24, 2.45) is 5.92 Å². The van der Waals surface area contributed by atoms with Crippen molar-refractivity contribution < 1.29 is 22.7 Å². The molecule has 6 nitrogen and oxygen atoms in total. The van der Waals surface area contributed by atoms with E-state index in [-0.39, 0.29) is 30.0 Å². The quantitative estimate of drug-likeness (QED) is 0.427. The molecule has 0 unspecified atom stereocenters. The zero-order valence-corrected chi connectivity index (χ0v) is 14.8. The topological polar surface area (TPSA) is 72.9 Å². The van der Waals surface area contributed by atoms with Gasteiger partial charge in [0.15, 0.2) is 0 Å². The highest BCUT2D eigenvalue weighted by Crippen LogP contribution is 2.20. The second-order valence-corrected chi connectivity index (χ2v) is 7.91. The summed E-state index contributed by atoms with van der Waals surface area (Å²) < 4.78 is 35.7. The smallest absolute Gasteiger partial charge is 0.309 e. The number of nitrogens with zero attached hydrogens (tertiary/aromatic N) is 1. The Morgan fingerprint density at radius 2 is 1.88 bits per heavy atom. The van der Waals surface area contributed by atoms with E-state index in [2.05, 4.69) is 6.08 Å². The predicted molar refractivity (Wildman–Crippen MR) is 90.2 cm³/mol. The Labute approximate surface area is 143 Å². The van der Waals surface area contributed by atoms with E-state index in [0.717, 1.165) is 23.6 Å². The van der Waals surface area contributed by atoms with Crippen molar-refractivity contribution in [3.8, 4) is 5.75 Å². The standard InChI is InChI=1S/C17H23NO5S/c1-18(2)24(20,21)16-10-8-15(9-11-16)22-12-13-23-17(19)14-6-4-3-5-7-14/h3-4,8-11,14H,5-7,12-13H2,1-2H3/t14-/m0/s1. The molecular formula is C17H23NO5S. The van der Waals surface area contributed by atoms with Gasteiger partial charge in [-0.3, -0.25) is 4.79 Å². The van der Waals surface area contributed by atoms with Gasteiger partial charge in [-0.05, 0) is 43.5 Å². The number of hydrogen-bond acceptors (Lipinski definition) is 5. The molecular weight excluding hydrogens is 330 g/mol. The zero-order valence-electron chi connectivity index (χ0n) is 14.0. The Hall–Kier alpha value is -1.86. The minimum atomic E-state index is -3.44. The van der Waals surface area contributed by atoms with Crippen molar-refractivity contribution in [2.45, 2.75) is 24.2 Å². The highest BCUT2D eigenvalue weighted by molar-refractivity contribution is 7.89. The molecule has 0 bridgehead atoms. The monoisotopic (exact) mass is 353 g/mol. The summed E-state index contributed by atoms with van der Waals surface area (Å²) in [6, 6.07) is 6.16. The minimum absolute atomic E-state index is 0.0504. The molecule has 7 heteroatoms. The first-order chi connectivity index (χ1) is 11.4.